The van der Waals surface area contributed by atoms with Crippen molar-refractivity contribution in [1.29, 1.82) is 0 Å². The van der Waals surface area contributed by atoms with Crippen molar-refractivity contribution in [2.24, 2.45) is 5.92 Å². The third kappa shape index (κ3) is 6.12. The lowest BCUT2D eigenvalue weighted by Crippen LogP contribution is -2.38. The number of methoxy groups -OCH3 is 1. The number of carbonyl (C=O) groups is 1. The smallest absolute Gasteiger partial charge is 0.223 e. The van der Waals surface area contributed by atoms with Crippen molar-refractivity contribution in [3.8, 4) is 11.5 Å². The van der Waals surface area contributed by atoms with Gasteiger partial charge in [-0.3, -0.25) is 4.79 Å². The molecule has 0 aliphatic carbocycles. The summed E-state index contributed by atoms with van der Waals surface area (Å²) in [4.78, 5) is 11.9. The van der Waals surface area contributed by atoms with Crippen LogP contribution >= 0.6 is 12.4 Å². The molecule has 0 saturated carbocycles. The number of carbonyl (C=O) groups excluding carboxylic acids is 1. The molecule has 1 aromatic carbocycles. The summed E-state index contributed by atoms with van der Waals surface area (Å²) in [5.74, 6) is 1.99. The summed E-state index contributed by atoms with van der Waals surface area (Å²) < 4.78 is 10.7. The van der Waals surface area contributed by atoms with Gasteiger partial charge in [0.25, 0.3) is 0 Å². The lowest BCUT2D eigenvalue weighted by atomic mass is 9.97. The first-order chi connectivity index (χ1) is 10.3. The number of hydrogen-bond donors (Lipinski definition) is 2. The fourth-order valence-corrected chi connectivity index (χ4v) is 2.37. The number of amides is 1. The van der Waals surface area contributed by atoms with Gasteiger partial charge in [0.1, 0.15) is 11.5 Å². The van der Waals surface area contributed by atoms with Gasteiger partial charge in [-0.05, 0) is 56.6 Å². The highest BCUT2D eigenvalue weighted by atomic mass is 35.5. The molecule has 1 fully saturated rings. The maximum Gasteiger partial charge on any atom is 0.223 e. The van der Waals surface area contributed by atoms with Crippen LogP contribution in [-0.2, 0) is 4.79 Å². The Hall–Kier alpha value is -1.46. The minimum Gasteiger partial charge on any atom is -0.497 e. The van der Waals surface area contributed by atoms with E-state index in [0.717, 1.165) is 43.9 Å². The summed E-state index contributed by atoms with van der Waals surface area (Å²) in [6.45, 7) is 3.15. The average molecular weight is 329 g/mol. The Kier molecular flexibility index (Phi) is 8.70. The monoisotopic (exact) mass is 328 g/mol. The Morgan fingerprint density at radius 3 is 2.50 bits per heavy atom. The van der Waals surface area contributed by atoms with Crippen LogP contribution in [0.5, 0.6) is 11.5 Å². The molecule has 22 heavy (non-hydrogen) atoms. The normalized spacial score (nSPS) is 14.8. The number of piperidine rings is 1. The molecule has 1 aliphatic heterocycles. The summed E-state index contributed by atoms with van der Waals surface area (Å²) >= 11 is 0. The standard InChI is InChI=1S/C16H24N2O3.ClH/c1-20-14-3-5-15(6-4-14)21-12-2-9-18-16(19)13-7-10-17-11-8-13;/h3-6,13,17H,2,7-12H2,1H3,(H,18,19);1H. The van der Waals surface area contributed by atoms with Gasteiger partial charge >= 0.3 is 0 Å². The first-order valence-corrected chi connectivity index (χ1v) is 7.55. The predicted molar refractivity (Wildman–Crippen MR) is 89.0 cm³/mol. The topological polar surface area (TPSA) is 59.6 Å². The van der Waals surface area contributed by atoms with Crippen molar-refractivity contribution < 1.29 is 14.3 Å². The first kappa shape index (κ1) is 18.6. The van der Waals surface area contributed by atoms with E-state index in [1.165, 1.54) is 0 Å². The van der Waals surface area contributed by atoms with Gasteiger partial charge < -0.3 is 20.1 Å². The molecular formula is C16H25ClN2O3. The molecule has 124 valence electrons. The Morgan fingerprint density at radius 2 is 1.86 bits per heavy atom. The SMILES string of the molecule is COc1ccc(OCCCNC(=O)C2CCNCC2)cc1.Cl. The fraction of sp³-hybridized carbons (Fsp3) is 0.562. The predicted octanol–water partition coefficient (Wildman–Crippen LogP) is 2.00. The third-order valence-corrected chi connectivity index (χ3v) is 3.66. The van der Waals surface area contributed by atoms with E-state index in [-0.39, 0.29) is 24.2 Å². The van der Waals surface area contributed by atoms with Crippen LogP contribution in [0.25, 0.3) is 0 Å². The zero-order chi connectivity index (χ0) is 14.9. The van der Waals surface area contributed by atoms with E-state index in [2.05, 4.69) is 10.6 Å². The molecule has 1 heterocycles. The summed E-state index contributed by atoms with van der Waals surface area (Å²) in [5.41, 5.74) is 0. The summed E-state index contributed by atoms with van der Waals surface area (Å²) in [5, 5.41) is 6.25. The maximum absolute atomic E-state index is 11.9. The number of nitrogens with one attached hydrogen (secondary N) is 2. The second kappa shape index (κ2) is 10.3. The van der Waals surface area contributed by atoms with Gasteiger partial charge in [0.2, 0.25) is 5.91 Å². The number of benzene rings is 1. The second-order valence-corrected chi connectivity index (χ2v) is 5.19. The molecule has 2 N–H and O–H groups in total. The van der Waals surface area contributed by atoms with Gasteiger partial charge in [-0.2, -0.15) is 0 Å². The molecular weight excluding hydrogens is 304 g/mol. The molecule has 0 atom stereocenters. The van der Waals surface area contributed by atoms with Gasteiger partial charge in [0, 0.05) is 12.5 Å². The van der Waals surface area contributed by atoms with Crippen LogP contribution in [-0.4, -0.2) is 39.3 Å². The van der Waals surface area contributed by atoms with Gasteiger partial charge in [-0.25, -0.2) is 0 Å². The molecule has 5 nitrogen and oxygen atoms in total. The van der Waals surface area contributed by atoms with Crippen LogP contribution in [0.3, 0.4) is 0 Å². The van der Waals surface area contributed by atoms with Crippen LogP contribution in [0, 0.1) is 5.92 Å². The Morgan fingerprint density at radius 1 is 1.23 bits per heavy atom. The number of halogens is 1. The maximum atomic E-state index is 11.9. The van der Waals surface area contributed by atoms with Crippen molar-refractivity contribution in [2.45, 2.75) is 19.3 Å². The number of hydrogen-bond acceptors (Lipinski definition) is 4. The van der Waals surface area contributed by atoms with Crippen LogP contribution in [0.15, 0.2) is 24.3 Å². The lowest BCUT2D eigenvalue weighted by Gasteiger charge is -2.21. The first-order valence-electron chi connectivity index (χ1n) is 7.55. The van der Waals surface area contributed by atoms with Gasteiger partial charge in [0.15, 0.2) is 0 Å². The van der Waals surface area contributed by atoms with Crippen molar-refractivity contribution in [2.75, 3.05) is 33.4 Å². The van der Waals surface area contributed by atoms with E-state index in [1.54, 1.807) is 7.11 Å². The van der Waals surface area contributed by atoms with E-state index in [9.17, 15) is 4.79 Å². The molecule has 1 saturated heterocycles. The third-order valence-electron chi connectivity index (χ3n) is 3.66. The van der Waals surface area contributed by atoms with E-state index in [4.69, 9.17) is 9.47 Å². The largest absolute Gasteiger partial charge is 0.497 e. The minimum absolute atomic E-state index is 0. The molecule has 2 rings (SSSR count). The zero-order valence-corrected chi connectivity index (χ0v) is 13.8. The summed E-state index contributed by atoms with van der Waals surface area (Å²) in [6.07, 6.45) is 2.69. The van der Waals surface area contributed by atoms with Crippen LogP contribution in [0.2, 0.25) is 0 Å². The Bertz CT molecular complexity index is 434. The highest BCUT2D eigenvalue weighted by Gasteiger charge is 2.19. The molecule has 1 amide bonds. The van der Waals surface area contributed by atoms with Crippen molar-refractivity contribution in [3.63, 3.8) is 0 Å². The van der Waals surface area contributed by atoms with Crippen LogP contribution < -0.4 is 20.1 Å². The van der Waals surface area contributed by atoms with Crippen molar-refractivity contribution >= 4 is 18.3 Å². The molecule has 1 aliphatic rings. The van der Waals surface area contributed by atoms with Crippen LogP contribution in [0.4, 0.5) is 0 Å². The molecule has 0 bridgehead atoms. The van der Waals surface area contributed by atoms with E-state index < -0.39 is 0 Å². The van der Waals surface area contributed by atoms with E-state index >= 15 is 0 Å². The fourth-order valence-electron chi connectivity index (χ4n) is 2.37. The Labute approximate surface area is 138 Å². The Balaban J connectivity index is 0.00000242. The minimum atomic E-state index is 0. The van der Waals surface area contributed by atoms with E-state index in [1.807, 2.05) is 24.3 Å². The number of ether oxygens (including phenoxy) is 2. The molecule has 1 aromatic rings. The van der Waals surface area contributed by atoms with Gasteiger partial charge in [0.05, 0.1) is 13.7 Å². The lowest BCUT2D eigenvalue weighted by molar-refractivity contribution is -0.125. The summed E-state index contributed by atoms with van der Waals surface area (Å²) in [6, 6.07) is 7.50. The molecule has 0 spiro atoms. The van der Waals surface area contributed by atoms with E-state index in [0.29, 0.717) is 13.2 Å². The second-order valence-electron chi connectivity index (χ2n) is 5.19. The highest BCUT2D eigenvalue weighted by molar-refractivity contribution is 5.85. The highest BCUT2D eigenvalue weighted by Crippen LogP contribution is 2.17. The quantitative estimate of drug-likeness (QED) is 0.752. The average Bonchev–Trinajstić information content (AvgIpc) is 2.55. The van der Waals surface area contributed by atoms with Gasteiger partial charge in [-0.15, -0.1) is 12.4 Å². The van der Waals surface area contributed by atoms with Gasteiger partial charge in [-0.1, -0.05) is 0 Å². The summed E-state index contributed by atoms with van der Waals surface area (Å²) in [7, 11) is 1.64. The van der Waals surface area contributed by atoms with Crippen molar-refractivity contribution in [1.82, 2.24) is 10.6 Å². The van der Waals surface area contributed by atoms with Crippen molar-refractivity contribution in [3.05, 3.63) is 24.3 Å². The molecule has 0 unspecified atom stereocenters. The molecule has 0 aromatic heterocycles. The molecule has 0 radical (unpaired) electrons. The number of rotatable bonds is 7. The molecule has 6 heteroatoms. The zero-order valence-electron chi connectivity index (χ0n) is 13.0. The van der Waals surface area contributed by atoms with Crippen LogP contribution in [0.1, 0.15) is 19.3 Å².